The molecule has 116 valence electrons. The summed E-state index contributed by atoms with van der Waals surface area (Å²) in [7, 11) is 0. The number of hydrogen-bond acceptors (Lipinski definition) is 4. The molecule has 1 unspecified atom stereocenters. The monoisotopic (exact) mass is 320 g/mol. The molecule has 2 heterocycles. The maximum atomic E-state index is 12.2. The van der Waals surface area contributed by atoms with Gasteiger partial charge in [-0.15, -0.1) is 0 Å². The van der Waals surface area contributed by atoms with Crippen LogP contribution in [0.5, 0.6) is 5.75 Å². The van der Waals surface area contributed by atoms with Gasteiger partial charge in [0.05, 0.1) is 12.2 Å². The molecule has 6 heteroatoms. The number of halogens is 1. The zero-order valence-electron chi connectivity index (χ0n) is 12.3. The number of ether oxygens (including phenoxy) is 1. The Kier molecular flexibility index (Phi) is 4.34. The number of hydrogen-bond donors (Lipinski definition) is 1. The number of nitrogens with zero attached hydrogens (tertiary/aromatic N) is 1. The summed E-state index contributed by atoms with van der Waals surface area (Å²) in [6.07, 6.45) is 1.89. The summed E-state index contributed by atoms with van der Waals surface area (Å²) in [5.41, 5.74) is 1.86. The van der Waals surface area contributed by atoms with E-state index in [0.29, 0.717) is 23.7 Å². The lowest BCUT2D eigenvalue weighted by atomic mass is 10.1. The summed E-state index contributed by atoms with van der Waals surface area (Å²) in [5, 5.41) is 7.41. The van der Waals surface area contributed by atoms with Crippen LogP contribution in [0.1, 0.15) is 30.4 Å². The number of amides is 1. The highest BCUT2D eigenvalue weighted by Crippen LogP contribution is 2.31. The zero-order chi connectivity index (χ0) is 15.5. The first-order chi connectivity index (χ1) is 10.7. The van der Waals surface area contributed by atoms with Crippen molar-refractivity contribution in [2.75, 3.05) is 0 Å². The fraction of sp³-hybridized carbons (Fsp3) is 0.375. The minimum absolute atomic E-state index is 0.166. The lowest BCUT2D eigenvalue weighted by Crippen LogP contribution is -2.36. The van der Waals surface area contributed by atoms with Crippen molar-refractivity contribution in [3.63, 3.8) is 0 Å². The highest BCUT2D eigenvalue weighted by molar-refractivity contribution is 6.30. The smallest absolute Gasteiger partial charge is 0.261 e. The molecule has 0 fully saturated rings. The number of aromatic nitrogens is 1. The normalized spacial score (nSPS) is 16.2. The van der Waals surface area contributed by atoms with Crippen LogP contribution in [-0.2, 0) is 24.2 Å². The second-order valence-corrected chi connectivity index (χ2v) is 5.75. The highest BCUT2D eigenvalue weighted by Gasteiger charge is 2.29. The van der Waals surface area contributed by atoms with E-state index in [4.69, 9.17) is 20.9 Å². The number of carbonyl (C=O) groups excluding carboxylic acids is 1. The number of carbonyl (C=O) groups is 1. The number of nitrogens with one attached hydrogen (secondary N) is 1. The fourth-order valence-corrected chi connectivity index (χ4v) is 2.66. The van der Waals surface area contributed by atoms with Gasteiger partial charge in [-0.25, -0.2) is 0 Å². The van der Waals surface area contributed by atoms with E-state index >= 15 is 0 Å². The van der Waals surface area contributed by atoms with E-state index in [-0.39, 0.29) is 5.91 Å². The molecule has 0 radical (unpaired) electrons. The van der Waals surface area contributed by atoms with Gasteiger partial charge in [0.15, 0.2) is 11.9 Å². The molecule has 1 aliphatic rings. The van der Waals surface area contributed by atoms with Crippen molar-refractivity contribution in [3.8, 4) is 5.75 Å². The van der Waals surface area contributed by atoms with Gasteiger partial charge in [-0.1, -0.05) is 30.1 Å². The predicted octanol–water partition coefficient (Wildman–Crippen LogP) is 2.90. The predicted molar refractivity (Wildman–Crippen MR) is 81.9 cm³/mol. The van der Waals surface area contributed by atoms with Gasteiger partial charge in [-0.05, 0) is 30.2 Å². The first-order valence-corrected chi connectivity index (χ1v) is 7.70. The number of fused-ring (bicyclic) bond motifs is 1. The van der Waals surface area contributed by atoms with Crippen molar-refractivity contribution >= 4 is 17.5 Å². The second kappa shape index (κ2) is 6.40. The van der Waals surface area contributed by atoms with Crippen LogP contribution >= 0.6 is 11.6 Å². The lowest BCUT2D eigenvalue weighted by molar-refractivity contribution is -0.127. The summed E-state index contributed by atoms with van der Waals surface area (Å²) in [6.45, 7) is 2.39. The molecule has 0 bridgehead atoms. The van der Waals surface area contributed by atoms with E-state index in [1.165, 1.54) is 0 Å². The van der Waals surface area contributed by atoms with Crippen LogP contribution in [0.3, 0.4) is 0 Å². The Morgan fingerprint density at radius 3 is 3.14 bits per heavy atom. The largest absolute Gasteiger partial charge is 0.480 e. The molecular formula is C16H17ClN2O3. The first kappa shape index (κ1) is 14.9. The molecule has 2 aromatic rings. The summed E-state index contributed by atoms with van der Waals surface area (Å²) >= 11 is 5.94. The van der Waals surface area contributed by atoms with Crippen LogP contribution in [0.15, 0.2) is 28.8 Å². The molecule has 1 aromatic heterocycles. The van der Waals surface area contributed by atoms with Crippen molar-refractivity contribution in [3.05, 3.63) is 46.3 Å². The number of rotatable bonds is 5. The molecular weight excluding hydrogens is 304 g/mol. The van der Waals surface area contributed by atoms with Gasteiger partial charge in [-0.3, -0.25) is 4.79 Å². The highest BCUT2D eigenvalue weighted by atomic mass is 35.5. The van der Waals surface area contributed by atoms with Gasteiger partial charge >= 0.3 is 0 Å². The van der Waals surface area contributed by atoms with E-state index in [0.717, 1.165) is 29.8 Å². The molecule has 0 aliphatic carbocycles. The van der Waals surface area contributed by atoms with Gasteiger partial charge in [0.25, 0.3) is 5.91 Å². The van der Waals surface area contributed by atoms with Gasteiger partial charge in [0, 0.05) is 17.5 Å². The average Bonchev–Trinajstić information content (AvgIpc) is 3.11. The molecule has 0 saturated heterocycles. The van der Waals surface area contributed by atoms with E-state index in [2.05, 4.69) is 17.4 Å². The standard InChI is InChI=1S/C16H17ClN2O3/c1-2-3-12-8-13(22-19-12)9-18-16(20)15-7-10-6-11(17)4-5-14(10)21-15/h4-6,8,15H,2-3,7,9H2,1H3,(H,18,20). The topological polar surface area (TPSA) is 64.4 Å². The minimum atomic E-state index is -0.522. The van der Waals surface area contributed by atoms with Gasteiger partial charge in [0.1, 0.15) is 5.75 Å². The zero-order valence-corrected chi connectivity index (χ0v) is 13.0. The molecule has 1 amide bonds. The van der Waals surface area contributed by atoms with Crippen LogP contribution in [0.4, 0.5) is 0 Å². The van der Waals surface area contributed by atoms with Gasteiger partial charge < -0.3 is 14.6 Å². The Labute approximate surface area is 133 Å². The van der Waals surface area contributed by atoms with Crippen molar-refractivity contribution in [1.29, 1.82) is 0 Å². The summed E-state index contributed by atoms with van der Waals surface area (Å²) in [4.78, 5) is 12.2. The van der Waals surface area contributed by atoms with E-state index < -0.39 is 6.10 Å². The van der Waals surface area contributed by atoms with Gasteiger partial charge in [-0.2, -0.15) is 0 Å². The Morgan fingerprint density at radius 2 is 2.32 bits per heavy atom. The molecule has 3 rings (SSSR count). The van der Waals surface area contributed by atoms with E-state index in [1.54, 1.807) is 12.1 Å². The SMILES string of the molecule is CCCc1cc(CNC(=O)C2Cc3cc(Cl)ccc3O2)on1. The Balaban J connectivity index is 1.55. The number of aryl methyl sites for hydroxylation is 1. The van der Waals surface area contributed by atoms with Crippen LogP contribution < -0.4 is 10.1 Å². The summed E-state index contributed by atoms with van der Waals surface area (Å²) < 4.78 is 10.8. The lowest BCUT2D eigenvalue weighted by Gasteiger charge is -2.10. The third-order valence-electron chi connectivity index (χ3n) is 3.54. The van der Waals surface area contributed by atoms with Crippen molar-refractivity contribution in [2.45, 2.75) is 38.8 Å². The maximum Gasteiger partial charge on any atom is 0.261 e. The third-order valence-corrected chi connectivity index (χ3v) is 3.78. The van der Waals surface area contributed by atoms with Crippen LogP contribution in [0.25, 0.3) is 0 Å². The molecule has 5 nitrogen and oxygen atoms in total. The second-order valence-electron chi connectivity index (χ2n) is 5.32. The molecule has 0 saturated carbocycles. The van der Waals surface area contributed by atoms with Crippen molar-refractivity contribution in [1.82, 2.24) is 10.5 Å². The molecule has 1 aromatic carbocycles. The molecule has 22 heavy (non-hydrogen) atoms. The Hall–Kier alpha value is -2.01. The van der Waals surface area contributed by atoms with Crippen LogP contribution in [-0.4, -0.2) is 17.2 Å². The Bertz CT molecular complexity index is 684. The average molecular weight is 321 g/mol. The minimum Gasteiger partial charge on any atom is -0.480 e. The van der Waals surface area contributed by atoms with Crippen molar-refractivity contribution in [2.24, 2.45) is 0 Å². The molecule has 1 atom stereocenters. The maximum absolute atomic E-state index is 12.2. The molecule has 1 aliphatic heterocycles. The van der Waals surface area contributed by atoms with Gasteiger partial charge in [0.2, 0.25) is 0 Å². The van der Waals surface area contributed by atoms with Crippen LogP contribution in [0, 0.1) is 0 Å². The third kappa shape index (κ3) is 3.25. The quantitative estimate of drug-likeness (QED) is 0.920. The molecule has 1 N–H and O–H groups in total. The first-order valence-electron chi connectivity index (χ1n) is 7.33. The van der Waals surface area contributed by atoms with E-state index in [9.17, 15) is 4.79 Å². The summed E-state index contributed by atoms with van der Waals surface area (Å²) in [5.74, 6) is 1.20. The van der Waals surface area contributed by atoms with E-state index in [1.807, 2.05) is 12.1 Å². The van der Waals surface area contributed by atoms with Crippen molar-refractivity contribution < 1.29 is 14.1 Å². The fourth-order valence-electron chi connectivity index (χ4n) is 2.46. The summed E-state index contributed by atoms with van der Waals surface area (Å²) in [6, 6.07) is 7.24. The Morgan fingerprint density at radius 1 is 1.45 bits per heavy atom. The molecule has 0 spiro atoms. The number of benzene rings is 1. The van der Waals surface area contributed by atoms with Crippen LogP contribution in [0.2, 0.25) is 5.02 Å².